The van der Waals surface area contributed by atoms with E-state index in [1.165, 1.54) is 0 Å². The van der Waals surface area contributed by atoms with Gasteiger partial charge in [-0.25, -0.2) is 4.57 Å². The van der Waals surface area contributed by atoms with Crippen LogP contribution in [0.15, 0.2) is 36.7 Å². The third-order valence-electron chi connectivity index (χ3n) is 8.20. The van der Waals surface area contributed by atoms with E-state index in [2.05, 4.69) is 6.92 Å². The van der Waals surface area contributed by atoms with Gasteiger partial charge >= 0.3 is 5.97 Å². The molecular weight excluding hydrogens is 530 g/mol. The normalized spacial score (nSPS) is 22.4. The molecule has 3 aliphatic heterocycles. The van der Waals surface area contributed by atoms with Gasteiger partial charge in [0.1, 0.15) is 12.7 Å². The molecule has 1 amide bonds. The molecule has 222 valence electrons. The number of aromatic nitrogens is 1. The van der Waals surface area contributed by atoms with Crippen LogP contribution in [0, 0.1) is 5.92 Å². The first-order valence-electron chi connectivity index (χ1n) is 14.4. The fourth-order valence-corrected chi connectivity index (χ4v) is 6.21. The molecule has 2 saturated heterocycles. The zero-order chi connectivity index (χ0) is 28.9. The first-order chi connectivity index (χ1) is 19.9. The van der Waals surface area contributed by atoms with Crippen LogP contribution >= 0.6 is 0 Å². The van der Waals surface area contributed by atoms with Crippen molar-refractivity contribution in [3.05, 3.63) is 47.8 Å². The molecule has 3 aliphatic rings. The van der Waals surface area contributed by atoms with Crippen molar-refractivity contribution in [3.63, 3.8) is 0 Å². The molecule has 41 heavy (non-hydrogen) atoms. The summed E-state index contributed by atoms with van der Waals surface area (Å²) in [7, 11) is 1.92. The van der Waals surface area contributed by atoms with Gasteiger partial charge in [0.25, 0.3) is 0 Å². The van der Waals surface area contributed by atoms with Crippen molar-refractivity contribution in [2.24, 2.45) is 13.0 Å². The number of likely N-dealkylation sites (tertiary alicyclic amines) is 1. The Labute approximate surface area is 240 Å². The number of fused-ring (bicyclic) bond motifs is 1. The maximum atomic E-state index is 13.9. The molecule has 3 atom stereocenters. The van der Waals surface area contributed by atoms with Crippen molar-refractivity contribution in [2.45, 2.75) is 57.5 Å². The van der Waals surface area contributed by atoms with Crippen LogP contribution in [0.3, 0.4) is 0 Å². The number of pyridine rings is 1. The number of anilines is 1. The number of aryl methyl sites for hydroxylation is 1. The van der Waals surface area contributed by atoms with Crippen molar-refractivity contribution in [1.29, 1.82) is 0 Å². The largest absolute Gasteiger partial charge is 0.481 e. The summed E-state index contributed by atoms with van der Waals surface area (Å²) >= 11 is 0. The van der Waals surface area contributed by atoms with Crippen molar-refractivity contribution in [2.75, 3.05) is 44.5 Å². The number of unbranched alkanes of at least 4 members (excludes halogenated alkanes) is 1. The number of carbonyl (C=O) groups excluding carboxylic acids is 1. The second-order valence-electron chi connectivity index (χ2n) is 10.9. The van der Waals surface area contributed by atoms with E-state index < -0.39 is 23.8 Å². The molecule has 11 heteroatoms. The molecule has 0 aliphatic carbocycles. The van der Waals surface area contributed by atoms with Crippen LogP contribution in [0.2, 0.25) is 0 Å². The molecule has 4 heterocycles. The van der Waals surface area contributed by atoms with Crippen LogP contribution < -0.4 is 18.9 Å². The number of nitrogens with zero attached hydrogens (tertiary/aromatic N) is 3. The summed E-state index contributed by atoms with van der Waals surface area (Å²) in [5.41, 5.74) is 2.12. The lowest BCUT2D eigenvalue weighted by Gasteiger charge is -2.29. The second-order valence-corrected chi connectivity index (χ2v) is 10.9. The van der Waals surface area contributed by atoms with Gasteiger partial charge in [-0.05, 0) is 43.0 Å². The predicted molar refractivity (Wildman–Crippen MR) is 148 cm³/mol. The summed E-state index contributed by atoms with van der Waals surface area (Å²) in [4.78, 5) is 30.6. The van der Waals surface area contributed by atoms with E-state index in [0.717, 1.165) is 24.1 Å². The molecule has 0 radical (unpaired) electrons. The van der Waals surface area contributed by atoms with Gasteiger partial charge in [0.05, 0.1) is 32.3 Å². The highest BCUT2D eigenvalue weighted by atomic mass is 16.7. The third kappa shape index (κ3) is 6.48. The van der Waals surface area contributed by atoms with E-state index in [4.69, 9.17) is 18.9 Å². The fourth-order valence-electron chi connectivity index (χ4n) is 6.21. The van der Waals surface area contributed by atoms with Gasteiger partial charge in [-0.3, -0.25) is 14.5 Å². The number of benzene rings is 1. The topological polar surface area (TPSA) is 122 Å². The average molecular weight is 571 g/mol. The maximum Gasteiger partial charge on any atom is 0.308 e. The van der Waals surface area contributed by atoms with E-state index in [9.17, 15) is 19.8 Å². The first kappa shape index (κ1) is 29.2. The van der Waals surface area contributed by atoms with E-state index in [1.807, 2.05) is 47.1 Å². The molecule has 2 aromatic rings. The van der Waals surface area contributed by atoms with Crippen molar-refractivity contribution < 1.29 is 43.3 Å². The van der Waals surface area contributed by atoms with E-state index in [0.29, 0.717) is 56.2 Å². The molecule has 11 nitrogen and oxygen atoms in total. The summed E-state index contributed by atoms with van der Waals surface area (Å²) in [6.45, 7) is 3.95. The number of carboxylic acids is 1. The number of carboxylic acid groups (broad SMARTS) is 1. The Morgan fingerprint density at radius 1 is 1.17 bits per heavy atom. The molecule has 2 N–H and O–H groups in total. The highest BCUT2D eigenvalue weighted by molar-refractivity contribution is 5.94. The second kappa shape index (κ2) is 13.2. The Kier molecular flexibility index (Phi) is 9.39. The van der Waals surface area contributed by atoms with Gasteiger partial charge < -0.3 is 34.1 Å². The molecule has 0 saturated carbocycles. The monoisotopic (exact) mass is 570 g/mol. The van der Waals surface area contributed by atoms with Crippen molar-refractivity contribution in [1.82, 2.24) is 4.90 Å². The molecular formula is C30H40N3O8+. The average Bonchev–Trinajstić information content (AvgIpc) is 3.72. The van der Waals surface area contributed by atoms with Gasteiger partial charge in [-0.15, -0.1) is 0 Å². The predicted octanol–water partition coefficient (Wildman–Crippen LogP) is 2.19. The minimum atomic E-state index is -0.927. The summed E-state index contributed by atoms with van der Waals surface area (Å²) < 4.78 is 24.3. The Morgan fingerprint density at radius 3 is 2.68 bits per heavy atom. The standard InChI is InChI=1S/C30H39N3O8/c1-3-4-10-33(22-6-5-9-31(2)15-22)26(35)17-32-16-23(20-13-21(18-34)29-25(14-20)40-19-41-29)28(30(36)37)24(32)7-8-27-38-11-12-39-27/h5-6,9,13-15,23-24,27-28,34H,3-4,7-8,10-12,16-19H2,1-2H3/p+1/t23-,24+,28-/m1/s1. The first-order valence-corrected chi connectivity index (χ1v) is 14.4. The zero-order valence-electron chi connectivity index (χ0n) is 23.7. The number of hydrogen-bond donors (Lipinski definition) is 2. The summed E-state index contributed by atoms with van der Waals surface area (Å²) in [5, 5.41) is 20.5. The van der Waals surface area contributed by atoms with Crippen LogP contribution in [0.1, 0.15) is 49.7 Å². The third-order valence-corrected chi connectivity index (χ3v) is 8.20. The minimum Gasteiger partial charge on any atom is -0.481 e. The number of amides is 1. The Hall–Kier alpha value is -3.25. The smallest absolute Gasteiger partial charge is 0.308 e. The number of aliphatic carboxylic acids is 1. The highest BCUT2D eigenvalue weighted by Crippen LogP contribution is 2.45. The molecule has 2 fully saturated rings. The molecule has 1 aromatic heterocycles. The SMILES string of the molecule is CCCCN(C(=O)CN1C[C@H](c2cc(CO)c3c(c2)OCO3)[C@@H](C(=O)O)[C@@H]1CCC1OCCO1)c1ccc[n+](C)c1. The van der Waals surface area contributed by atoms with Gasteiger partial charge in [0.2, 0.25) is 12.7 Å². The molecule has 0 spiro atoms. The van der Waals surface area contributed by atoms with Gasteiger partial charge in [0.15, 0.2) is 30.2 Å². The number of rotatable bonds is 12. The minimum absolute atomic E-state index is 0.0499. The molecule has 5 rings (SSSR count). The van der Waals surface area contributed by atoms with Crippen LogP contribution in [-0.4, -0.2) is 79.0 Å². The van der Waals surface area contributed by atoms with Gasteiger partial charge in [-0.2, -0.15) is 0 Å². The van der Waals surface area contributed by atoms with E-state index in [1.54, 1.807) is 11.0 Å². The van der Waals surface area contributed by atoms with E-state index >= 15 is 0 Å². The molecule has 0 bridgehead atoms. The van der Waals surface area contributed by atoms with Crippen LogP contribution in [0.4, 0.5) is 5.69 Å². The number of hydrogen-bond acceptors (Lipinski definition) is 8. The highest BCUT2D eigenvalue weighted by Gasteiger charge is 2.48. The van der Waals surface area contributed by atoms with Crippen molar-refractivity contribution in [3.8, 4) is 11.5 Å². The zero-order valence-corrected chi connectivity index (χ0v) is 23.7. The summed E-state index contributed by atoms with van der Waals surface area (Å²) in [5.74, 6) is -1.22. The lowest BCUT2D eigenvalue weighted by atomic mass is 9.83. The molecule has 0 unspecified atom stereocenters. The lowest BCUT2D eigenvalue weighted by molar-refractivity contribution is -0.670. The Balaban J connectivity index is 1.45. The number of aliphatic hydroxyl groups is 1. The number of aliphatic hydroxyl groups excluding tert-OH is 1. The van der Waals surface area contributed by atoms with Crippen LogP contribution in [-0.2, 0) is 32.7 Å². The fraction of sp³-hybridized carbons (Fsp3) is 0.567. The maximum absolute atomic E-state index is 13.9. The molecule has 1 aromatic carbocycles. The van der Waals surface area contributed by atoms with Crippen molar-refractivity contribution >= 4 is 17.6 Å². The lowest BCUT2D eigenvalue weighted by Crippen LogP contribution is -2.45. The van der Waals surface area contributed by atoms with Crippen LogP contribution in [0.25, 0.3) is 0 Å². The number of carbonyl (C=O) groups is 2. The van der Waals surface area contributed by atoms with Gasteiger partial charge in [-0.1, -0.05) is 13.3 Å². The Morgan fingerprint density at radius 2 is 1.98 bits per heavy atom. The summed E-state index contributed by atoms with van der Waals surface area (Å²) in [6.07, 6.45) is 6.29. The summed E-state index contributed by atoms with van der Waals surface area (Å²) in [6, 6.07) is 7.03. The van der Waals surface area contributed by atoms with E-state index in [-0.39, 0.29) is 32.1 Å². The van der Waals surface area contributed by atoms with Gasteiger partial charge in [0, 0.05) is 36.7 Å². The Bertz CT molecular complexity index is 1230. The number of ether oxygens (including phenoxy) is 4. The quantitative estimate of drug-likeness (QED) is 0.370. The van der Waals surface area contributed by atoms with Crippen LogP contribution in [0.5, 0.6) is 11.5 Å².